The Hall–Kier alpha value is -0.770. The predicted octanol–water partition coefficient (Wildman–Crippen LogP) is 2.83. The zero-order valence-corrected chi connectivity index (χ0v) is 10.1. The lowest BCUT2D eigenvalue weighted by Crippen LogP contribution is -2.06. The van der Waals surface area contributed by atoms with E-state index in [4.69, 9.17) is 22.2 Å². The summed E-state index contributed by atoms with van der Waals surface area (Å²) < 4.78 is 5.73. The first-order chi connectivity index (χ1) is 7.70. The molecule has 1 aromatic carbocycles. The smallest absolute Gasteiger partial charge is 0.143 e. The lowest BCUT2D eigenvalue weighted by molar-refractivity contribution is 0.121. The summed E-state index contributed by atoms with van der Waals surface area (Å²) in [7, 11) is 0. The molecule has 1 fully saturated rings. The van der Waals surface area contributed by atoms with Crippen molar-refractivity contribution in [2.75, 3.05) is 6.61 Å². The van der Waals surface area contributed by atoms with Crippen LogP contribution in [0.5, 0.6) is 5.75 Å². The van der Waals surface area contributed by atoms with Crippen molar-refractivity contribution < 1.29 is 9.57 Å². The van der Waals surface area contributed by atoms with Crippen molar-refractivity contribution in [2.24, 2.45) is 11.8 Å². The van der Waals surface area contributed by atoms with Gasteiger partial charge in [-0.3, -0.25) is 4.84 Å². The molecule has 88 valence electrons. The van der Waals surface area contributed by atoms with Crippen molar-refractivity contribution in [1.29, 1.82) is 0 Å². The fourth-order valence-electron chi connectivity index (χ4n) is 1.65. The highest BCUT2D eigenvalue weighted by molar-refractivity contribution is 6.32. The Morgan fingerprint density at radius 1 is 1.44 bits per heavy atom. The van der Waals surface area contributed by atoms with Crippen LogP contribution in [-0.2, 0) is 11.4 Å². The molecule has 0 bridgehead atoms. The van der Waals surface area contributed by atoms with Crippen molar-refractivity contribution in [3.05, 3.63) is 28.3 Å². The van der Waals surface area contributed by atoms with Crippen molar-refractivity contribution in [3.8, 4) is 5.75 Å². The Bertz CT molecular complexity index is 378. The summed E-state index contributed by atoms with van der Waals surface area (Å²) in [5.41, 5.74) is 1.99. The van der Waals surface area contributed by atoms with E-state index in [1.807, 2.05) is 19.1 Å². The average molecular weight is 242 g/mol. The van der Waals surface area contributed by atoms with Crippen LogP contribution in [0, 0.1) is 12.8 Å². The van der Waals surface area contributed by atoms with Gasteiger partial charge in [0.1, 0.15) is 5.75 Å². The monoisotopic (exact) mass is 241 g/mol. The van der Waals surface area contributed by atoms with Gasteiger partial charge in [-0.2, -0.15) is 0 Å². The average Bonchev–Trinajstić information content (AvgIpc) is 3.00. The summed E-state index contributed by atoms with van der Waals surface area (Å²) in [5, 5.41) is 0.632. The van der Waals surface area contributed by atoms with Gasteiger partial charge in [0.15, 0.2) is 0 Å². The summed E-state index contributed by atoms with van der Waals surface area (Å²) in [6.07, 6.45) is 2.51. The molecule has 16 heavy (non-hydrogen) atoms. The molecule has 0 unspecified atom stereocenters. The van der Waals surface area contributed by atoms with E-state index in [9.17, 15) is 0 Å². The number of benzene rings is 1. The summed E-state index contributed by atoms with van der Waals surface area (Å²) in [6, 6.07) is 3.88. The van der Waals surface area contributed by atoms with Gasteiger partial charge in [0, 0.05) is 5.56 Å². The molecule has 0 amide bonds. The Balaban J connectivity index is 2.16. The second-order valence-corrected chi connectivity index (χ2v) is 4.71. The second kappa shape index (κ2) is 5.04. The Labute approximate surface area is 100 Å². The van der Waals surface area contributed by atoms with E-state index in [0.717, 1.165) is 17.7 Å². The first kappa shape index (κ1) is 11.7. The van der Waals surface area contributed by atoms with Gasteiger partial charge in [-0.15, -0.1) is 0 Å². The SMILES string of the molecule is Cc1cc(Cl)c(OCC2CC2)c(CON)c1. The first-order valence-electron chi connectivity index (χ1n) is 5.44. The molecule has 0 spiro atoms. The fourth-order valence-corrected chi connectivity index (χ4v) is 1.99. The third-order valence-corrected chi connectivity index (χ3v) is 2.94. The van der Waals surface area contributed by atoms with E-state index in [-0.39, 0.29) is 0 Å². The largest absolute Gasteiger partial charge is 0.491 e. The third kappa shape index (κ3) is 2.88. The number of ether oxygens (including phenoxy) is 1. The standard InChI is InChI=1S/C12H16ClNO2/c1-8-4-10(7-16-14)12(11(13)5-8)15-6-9-2-3-9/h4-5,9H,2-3,6-7,14H2,1H3. The van der Waals surface area contributed by atoms with Crippen molar-refractivity contribution in [3.63, 3.8) is 0 Å². The molecule has 1 aliphatic rings. The van der Waals surface area contributed by atoms with Crippen molar-refractivity contribution in [1.82, 2.24) is 0 Å². The lowest BCUT2D eigenvalue weighted by Gasteiger charge is -2.13. The maximum Gasteiger partial charge on any atom is 0.143 e. The third-order valence-electron chi connectivity index (χ3n) is 2.66. The number of halogens is 1. The van der Waals surface area contributed by atoms with Gasteiger partial charge in [0.2, 0.25) is 0 Å². The Kier molecular flexibility index (Phi) is 3.69. The Morgan fingerprint density at radius 2 is 2.19 bits per heavy atom. The minimum absolute atomic E-state index is 0.321. The molecule has 3 nitrogen and oxygen atoms in total. The zero-order chi connectivity index (χ0) is 11.5. The van der Waals surface area contributed by atoms with E-state index in [1.54, 1.807) is 0 Å². The number of aryl methyl sites for hydroxylation is 1. The van der Waals surface area contributed by atoms with Crippen LogP contribution in [0.25, 0.3) is 0 Å². The van der Waals surface area contributed by atoms with E-state index in [2.05, 4.69) is 4.84 Å². The molecule has 1 aromatic rings. The number of rotatable bonds is 5. The van der Waals surface area contributed by atoms with Crippen LogP contribution in [0.15, 0.2) is 12.1 Å². The van der Waals surface area contributed by atoms with Gasteiger partial charge < -0.3 is 4.74 Å². The topological polar surface area (TPSA) is 44.5 Å². The van der Waals surface area contributed by atoms with Gasteiger partial charge in [-0.05, 0) is 43.4 Å². The first-order valence-corrected chi connectivity index (χ1v) is 5.82. The van der Waals surface area contributed by atoms with Crippen molar-refractivity contribution >= 4 is 11.6 Å². The van der Waals surface area contributed by atoms with Crippen LogP contribution in [0.3, 0.4) is 0 Å². The fraction of sp³-hybridized carbons (Fsp3) is 0.500. The zero-order valence-electron chi connectivity index (χ0n) is 9.33. The van der Waals surface area contributed by atoms with Crippen LogP contribution < -0.4 is 10.6 Å². The lowest BCUT2D eigenvalue weighted by atomic mass is 10.1. The number of nitrogens with two attached hydrogens (primary N) is 1. The highest BCUT2D eigenvalue weighted by Gasteiger charge is 2.23. The van der Waals surface area contributed by atoms with Gasteiger partial charge in [0.25, 0.3) is 0 Å². The van der Waals surface area contributed by atoms with Crippen LogP contribution in [-0.4, -0.2) is 6.61 Å². The van der Waals surface area contributed by atoms with Gasteiger partial charge >= 0.3 is 0 Å². The van der Waals surface area contributed by atoms with Crippen LogP contribution in [0.4, 0.5) is 0 Å². The summed E-state index contributed by atoms with van der Waals surface area (Å²) >= 11 is 6.15. The number of hydrogen-bond donors (Lipinski definition) is 1. The minimum Gasteiger partial charge on any atom is -0.491 e. The summed E-state index contributed by atoms with van der Waals surface area (Å²) in [4.78, 5) is 4.66. The minimum atomic E-state index is 0.321. The van der Waals surface area contributed by atoms with E-state index in [1.165, 1.54) is 12.8 Å². The molecular weight excluding hydrogens is 226 g/mol. The van der Waals surface area contributed by atoms with Gasteiger partial charge in [-0.1, -0.05) is 11.6 Å². The predicted molar refractivity (Wildman–Crippen MR) is 63.4 cm³/mol. The second-order valence-electron chi connectivity index (χ2n) is 4.30. The molecule has 4 heteroatoms. The van der Waals surface area contributed by atoms with Crippen LogP contribution in [0.1, 0.15) is 24.0 Å². The van der Waals surface area contributed by atoms with E-state index < -0.39 is 0 Å². The molecule has 1 saturated carbocycles. The maximum absolute atomic E-state index is 6.15. The molecule has 0 atom stereocenters. The van der Waals surface area contributed by atoms with Gasteiger partial charge in [0.05, 0.1) is 18.2 Å². The van der Waals surface area contributed by atoms with Gasteiger partial charge in [-0.25, -0.2) is 5.90 Å². The molecule has 0 aromatic heterocycles. The van der Waals surface area contributed by atoms with Crippen LogP contribution in [0.2, 0.25) is 5.02 Å². The van der Waals surface area contributed by atoms with E-state index in [0.29, 0.717) is 23.3 Å². The molecule has 0 aliphatic heterocycles. The van der Waals surface area contributed by atoms with Crippen LogP contribution >= 0.6 is 11.6 Å². The maximum atomic E-state index is 6.15. The van der Waals surface area contributed by atoms with Crippen molar-refractivity contribution in [2.45, 2.75) is 26.4 Å². The highest BCUT2D eigenvalue weighted by atomic mass is 35.5. The summed E-state index contributed by atoms with van der Waals surface area (Å²) in [6.45, 7) is 3.04. The number of hydrogen-bond acceptors (Lipinski definition) is 3. The molecule has 0 heterocycles. The Morgan fingerprint density at radius 3 is 2.81 bits per heavy atom. The van der Waals surface area contributed by atoms with E-state index >= 15 is 0 Å². The molecule has 2 N–H and O–H groups in total. The quantitative estimate of drug-likeness (QED) is 0.807. The highest BCUT2D eigenvalue weighted by Crippen LogP contribution is 2.34. The molecule has 0 radical (unpaired) electrons. The molecule has 2 rings (SSSR count). The molecule has 0 saturated heterocycles. The molecular formula is C12H16ClNO2. The summed E-state index contributed by atoms with van der Waals surface area (Å²) in [5.74, 6) is 6.51. The molecule has 1 aliphatic carbocycles. The normalized spacial score (nSPS) is 15.2.